The summed E-state index contributed by atoms with van der Waals surface area (Å²) >= 11 is 3.84. The Morgan fingerprint density at radius 3 is 3.00 bits per heavy atom. The number of aliphatic hydroxyl groups is 1. The molecule has 90 valence electrons. The van der Waals surface area contributed by atoms with Gasteiger partial charge in [0.1, 0.15) is 6.10 Å². The third kappa shape index (κ3) is 2.41. The van der Waals surface area contributed by atoms with E-state index in [1.807, 2.05) is 34.3 Å². The van der Waals surface area contributed by atoms with Gasteiger partial charge < -0.3 is 5.11 Å². The Balaban J connectivity index is 2.14. The Morgan fingerprint density at radius 1 is 1.56 bits per heavy atom. The number of hydrogen-bond donors (Lipinski definition) is 1. The molecule has 2 rings (SSSR count). The maximum atomic E-state index is 10.4. The first-order chi connectivity index (χ1) is 7.74. The molecule has 0 aliphatic carbocycles. The van der Waals surface area contributed by atoms with E-state index < -0.39 is 6.10 Å². The van der Waals surface area contributed by atoms with E-state index in [4.69, 9.17) is 0 Å². The lowest BCUT2D eigenvalue weighted by atomic mass is 10.1. The highest BCUT2D eigenvalue weighted by molar-refractivity contribution is 8.07. The number of hydrogen-bond acceptors (Lipinski definition) is 4. The fourth-order valence-corrected chi connectivity index (χ4v) is 4.84. The fourth-order valence-electron chi connectivity index (χ4n) is 2.02. The van der Waals surface area contributed by atoms with E-state index in [1.54, 1.807) is 6.20 Å². The van der Waals surface area contributed by atoms with E-state index in [-0.39, 0.29) is 0 Å². The van der Waals surface area contributed by atoms with Gasteiger partial charge in [0, 0.05) is 34.7 Å². The topological polar surface area (TPSA) is 38.0 Å². The molecule has 5 heteroatoms. The minimum Gasteiger partial charge on any atom is -0.386 e. The van der Waals surface area contributed by atoms with Crippen molar-refractivity contribution in [2.24, 2.45) is 0 Å². The third-order valence-corrected chi connectivity index (χ3v) is 6.08. The highest BCUT2D eigenvalue weighted by atomic mass is 32.2. The molecule has 1 aliphatic rings. The monoisotopic (exact) mass is 258 g/mol. The molecule has 3 unspecified atom stereocenters. The summed E-state index contributed by atoms with van der Waals surface area (Å²) in [6, 6.07) is 1.93. The molecule has 0 spiro atoms. The lowest BCUT2D eigenvalue weighted by molar-refractivity contribution is 0.163. The van der Waals surface area contributed by atoms with Crippen molar-refractivity contribution in [3.63, 3.8) is 0 Å². The summed E-state index contributed by atoms with van der Waals surface area (Å²) in [7, 11) is 0. The van der Waals surface area contributed by atoms with Crippen LogP contribution in [0.3, 0.4) is 0 Å². The molecule has 1 aliphatic heterocycles. The van der Waals surface area contributed by atoms with Gasteiger partial charge >= 0.3 is 0 Å². The molecular weight excluding hydrogens is 240 g/mol. The summed E-state index contributed by atoms with van der Waals surface area (Å²) in [4.78, 5) is 0. The first kappa shape index (κ1) is 12.3. The van der Waals surface area contributed by atoms with Crippen LogP contribution < -0.4 is 0 Å². The van der Waals surface area contributed by atoms with E-state index in [0.717, 1.165) is 18.0 Å². The van der Waals surface area contributed by atoms with Crippen molar-refractivity contribution in [1.29, 1.82) is 0 Å². The lowest BCUT2D eigenvalue weighted by Gasteiger charge is -2.31. The highest BCUT2D eigenvalue weighted by Gasteiger charge is 2.31. The normalized spacial score (nSPS) is 27.9. The molecule has 1 aromatic rings. The second-order valence-electron chi connectivity index (χ2n) is 3.93. The molecule has 0 amide bonds. The maximum Gasteiger partial charge on any atom is 0.108 e. The molecule has 1 N–H and O–H groups in total. The minimum atomic E-state index is -0.393. The molecule has 0 aromatic carbocycles. The Morgan fingerprint density at radius 2 is 2.31 bits per heavy atom. The minimum absolute atomic E-state index is 0.292. The Labute approximate surface area is 105 Å². The summed E-state index contributed by atoms with van der Waals surface area (Å²) in [5.41, 5.74) is 0.953. The van der Waals surface area contributed by atoms with Crippen LogP contribution in [0.15, 0.2) is 12.3 Å². The van der Waals surface area contributed by atoms with E-state index in [1.165, 1.54) is 5.75 Å². The number of aromatic nitrogens is 2. The average molecular weight is 258 g/mol. The van der Waals surface area contributed by atoms with Gasteiger partial charge in [-0.3, -0.25) is 4.68 Å². The van der Waals surface area contributed by atoms with Crippen molar-refractivity contribution < 1.29 is 5.11 Å². The second kappa shape index (κ2) is 5.47. The predicted octanol–water partition coefficient (Wildman–Crippen LogP) is 2.17. The molecule has 1 fully saturated rings. The van der Waals surface area contributed by atoms with Gasteiger partial charge in [0.05, 0.1) is 5.69 Å². The molecule has 1 aromatic heterocycles. The summed E-state index contributed by atoms with van der Waals surface area (Å²) in [5.74, 6) is 2.33. The molecule has 1 saturated heterocycles. The van der Waals surface area contributed by atoms with Crippen LogP contribution >= 0.6 is 23.5 Å². The standard InChI is InChI=1S/C11H18N2OS2/c1-3-13-9(4-5-12-13)10(14)11-8(2)15-6-7-16-11/h4-5,8,10-11,14H,3,6-7H2,1-2H3. The third-order valence-electron chi connectivity index (χ3n) is 2.90. The van der Waals surface area contributed by atoms with Gasteiger partial charge in [-0.15, -0.1) is 0 Å². The van der Waals surface area contributed by atoms with Crippen molar-refractivity contribution in [2.75, 3.05) is 11.5 Å². The van der Waals surface area contributed by atoms with Crippen LogP contribution in [0.1, 0.15) is 25.6 Å². The van der Waals surface area contributed by atoms with Crippen molar-refractivity contribution in [3.8, 4) is 0 Å². The zero-order valence-corrected chi connectivity index (χ0v) is 11.3. The largest absolute Gasteiger partial charge is 0.386 e. The first-order valence-corrected chi connectivity index (χ1v) is 7.76. The number of rotatable bonds is 3. The Kier molecular flexibility index (Phi) is 4.21. The Hall–Kier alpha value is -0.130. The summed E-state index contributed by atoms with van der Waals surface area (Å²) < 4.78 is 1.89. The van der Waals surface area contributed by atoms with Crippen molar-refractivity contribution in [1.82, 2.24) is 9.78 Å². The molecule has 0 radical (unpaired) electrons. The number of nitrogens with zero attached hydrogens (tertiary/aromatic N) is 2. The van der Waals surface area contributed by atoms with E-state index in [0.29, 0.717) is 10.5 Å². The van der Waals surface area contributed by atoms with Gasteiger partial charge in [-0.05, 0) is 13.0 Å². The van der Waals surface area contributed by atoms with Crippen molar-refractivity contribution in [2.45, 2.75) is 37.0 Å². The van der Waals surface area contributed by atoms with E-state index in [2.05, 4.69) is 18.9 Å². The predicted molar refractivity (Wildman–Crippen MR) is 71.0 cm³/mol. The molecule has 16 heavy (non-hydrogen) atoms. The SMILES string of the molecule is CCn1nccc1C(O)C1SCCSC1C. The van der Waals surface area contributed by atoms with Gasteiger partial charge in [0.15, 0.2) is 0 Å². The molecular formula is C11H18N2OS2. The smallest absolute Gasteiger partial charge is 0.108 e. The molecule has 2 heterocycles. The van der Waals surface area contributed by atoms with Crippen molar-refractivity contribution in [3.05, 3.63) is 18.0 Å². The number of thioether (sulfide) groups is 2. The van der Waals surface area contributed by atoms with Crippen molar-refractivity contribution >= 4 is 23.5 Å². The van der Waals surface area contributed by atoms with Gasteiger partial charge in [0.2, 0.25) is 0 Å². The molecule has 0 saturated carbocycles. The van der Waals surface area contributed by atoms with Crippen LogP contribution in [-0.2, 0) is 6.54 Å². The second-order valence-corrected chi connectivity index (χ2v) is 6.70. The molecule has 0 bridgehead atoms. The fraction of sp³-hybridized carbons (Fsp3) is 0.727. The van der Waals surface area contributed by atoms with E-state index in [9.17, 15) is 5.11 Å². The maximum absolute atomic E-state index is 10.4. The summed E-state index contributed by atoms with van der Waals surface area (Å²) in [6.07, 6.45) is 1.38. The van der Waals surface area contributed by atoms with Crippen LogP contribution in [0.2, 0.25) is 0 Å². The molecule has 3 atom stereocenters. The van der Waals surface area contributed by atoms with Gasteiger partial charge in [-0.25, -0.2) is 0 Å². The summed E-state index contributed by atoms with van der Waals surface area (Å²) in [6.45, 7) is 5.07. The Bertz CT molecular complexity index is 342. The molecule has 3 nitrogen and oxygen atoms in total. The van der Waals surface area contributed by atoms with Crippen LogP contribution in [-0.4, -0.2) is 36.9 Å². The quantitative estimate of drug-likeness (QED) is 0.902. The van der Waals surface area contributed by atoms with Crippen LogP contribution in [0.5, 0.6) is 0 Å². The van der Waals surface area contributed by atoms with Crippen LogP contribution in [0, 0.1) is 0 Å². The van der Waals surface area contributed by atoms with Gasteiger partial charge in [-0.1, -0.05) is 6.92 Å². The zero-order valence-electron chi connectivity index (χ0n) is 9.67. The zero-order chi connectivity index (χ0) is 11.5. The number of aryl methyl sites for hydroxylation is 1. The van der Waals surface area contributed by atoms with Gasteiger partial charge in [0.25, 0.3) is 0 Å². The first-order valence-electron chi connectivity index (χ1n) is 5.67. The lowest BCUT2D eigenvalue weighted by Crippen LogP contribution is -2.30. The average Bonchev–Trinajstić information content (AvgIpc) is 2.77. The van der Waals surface area contributed by atoms with Gasteiger partial charge in [-0.2, -0.15) is 28.6 Å². The highest BCUT2D eigenvalue weighted by Crippen LogP contribution is 2.38. The van der Waals surface area contributed by atoms with Crippen LogP contribution in [0.4, 0.5) is 0 Å². The number of aliphatic hydroxyl groups excluding tert-OH is 1. The summed E-state index contributed by atoms with van der Waals surface area (Å²) in [5, 5.41) is 15.4. The van der Waals surface area contributed by atoms with Crippen LogP contribution in [0.25, 0.3) is 0 Å². The van der Waals surface area contributed by atoms with E-state index >= 15 is 0 Å².